The number of benzene rings is 3. The summed E-state index contributed by atoms with van der Waals surface area (Å²) in [5, 5.41) is 0. The zero-order valence-corrected chi connectivity index (χ0v) is 23.7. The molecule has 0 aliphatic carbocycles. The van der Waals surface area contributed by atoms with E-state index in [1.165, 1.54) is 31.2 Å². The summed E-state index contributed by atoms with van der Waals surface area (Å²) in [6, 6.07) is 18.5. The summed E-state index contributed by atoms with van der Waals surface area (Å²) in [6.07, 6.45) is 0.870. The van der Waals surface area contributed by atoms with Crippen molar-refractivity contribution in [3.05, 3.63) is 94.8 Å². The minimum absolute atomic E-state index is 0.0520. The summed E-state index contributed by atoms with van der Waals surface area (Å²) >= 11 is 0. The van der Waals surface area contributed by atoms with Gasteiger partial charge in [-0.1, -0.05) is 30.3 Å². The summed E-state index contributed by atoms with van der Waals surface area (Å²) in [5.41, 5.74) is 2.45. The number of likely N-dealkylation sites (tertiary alicyclic amines) is 1. The molecule has 40 heavy (non-hydrogen) atoms. The van der Waals surface area contributed by atoms with Gasteiger partial charge in [0, 0.05) is 24.6 Å². The predicted octanol–water partition coefficient (Wildman–Crippen LogP) is 6.75. The van der Waals surface area contributed by atoms with E-state index >= 15 is 0 Å². The molecule has 0 saturated carbocycles. The van der Waals surface area contributed by atoms with E-state index in [1.54, 1.807) is 43.0 Å². The zero-order chi connectivity index (χ0) is 29.0. The number of halogens is 1. The molecule has 0 aromatic heterocycles. The molecule has 1 saturated heterocycles. The lowest BCUT2D eigenvalue weighted by Crippen LogP contribution is -2.36. The van der Waals surface area contributed by atoms with E-state index in [1.807, 2.05) is 32.0 Å². The topological polar surface area (TPSA) is 72.9 Å². The normalized spacial score (nSPS) is 17.0. The van der Waals surface area contributed by atoms with Crippen LogP contribution in [0.5, 0.6) is 11.5 Å². The van der Waals surface area contributed by atoms with Crippen molar-refractivity contribution in [3.63, 3.8) is 0 Å². The molecule has 0 bridgehead atoms. The van der Waals surface area contributed by atoms with Gasteiger partial charge in [-0.25, -0.2) is 9.18 Å². The Morgan fingerprint density at radius 1 is 0.950 bits per heavy atom. The lowest BCUT2D eigenvalue weighted by Gasteiger charge is -2.26. The Morgan fingerprint density at radius 2 is 1.57 bits per heavy atom. The van der Waals surface area contributed by atoms with Gasteiger partial charge in [-0.05, 0) is 106 Å². The van der Waals surface area contributed by atoms with Crippen LogP contribution in [0.15, 0.2) is 66.7 Å². The Balaban J connectivity index is 1.51. The fraction of sp³-hybridized carbons (Fsp3) is 0.364. The molecule has 1 aliphatic heterocycles. The van der Waals surface area contributed by atoms with Crippen molar-refractivity contribution in [1.82, 2.24) is 4.90 Å². The van der Waals surface area contributed by atoms with Gasteiger partial charge < -0.3 is 14.4 Å². The number of nitrogens with zero attached hydrogens (tertiary/aromatic N) is 1. The van der Waals surface area contributed by atoms with E-state index in [0.717, 1.165) is 16.7 Å². The van der Waals surface area contributed by atoms with Crippen molar-refractivity contribution in [2.24, 2.45) is 11.8 Å². The Hall–Kier alpha value is -4.00. The lowest BCUT2D eigenvalue weighted by molar-refractivity contribution is -0.129. The van der Waals surface area contributed by atoms with Crippen LogP contribution in [0.4, 0.5) is 9.18 Å². The molecule has 6 nitrogen and oxygen atoms in total. The number of Topliss-reactive ketones (excluding diaryl/α,β-unsaturated/α-hetero) is 2. The van der Waals surface area contributed by atoms with Crippen LogP contribution in [0.2, 0.25) is 0 Å². The molecule has 0 N–H and O–H groups in total. The first-order valence-corrected chi connectivity index (χ1v) is 13.6. The van der Waals surface area contributed by atoms with Gasteiger partial charge in [0.05, 0.1) is 0 Å². The van der Waals surface area contributed by atoms with Gasteiger partial charge in [0.2, 0.25) is 0 Å². The predicted molar refractivity (Wildman–Crippen MR) is 151 cm³/mol. The van der Waals surface area contributed by atoms with E-state index in [4.69, 9.17) is 9.47 Å². The number of hydrogen-bond acceptors (Lipinski definition) is 5. The molecule has 3 aromatic carbocycles. The maximum absolute atomic E-state index is 13.5. The fourth-order valence-corrected chi connectivity index (χ4v) is 5.12. The minimum Gasteiger partial charge on any atom is -0.480 e. The van der Waals surface area contributed by atoms with E-state index < -0.39 is 23.4 Å². The fourth-order valence-electron chi connectivity index (χ4n) is 5.12. The number of para-hydroxylation sites is 1. The Kier molecular flexibility index (Phi) is 8.72. The quantitative estimate of drug-likeness (QED) is 0.278. The van der Waals surface area contributed by atoms with Crippen molar-refractivity contribution in [1.29, 1.82) is 0 Å². The molecule has 0 spiro atoms. The molecule has 1 heterocycles. The Morgan fingerprint density at radius 3 is 2.17 bits per heavy atom. The summed E-state index contributed by atoms with van der Waals surface area (Å²) in [6.45, 7) is 9.57. The average Bonchev–Trinajstić information content (AvgIpc) is 3.34. The number of ketones is 2. The largest absolute Gasteiger partial charge is 0.480 e. The maximum Gasteiger partial charge on any atom is 0.415 e. The average molecular weight is 546 g/mol. The molecule has 1 amide bonds. The smallest absolute Gasteiger partial charge is 0.415 e. The highest BCUT2D eigenvalue weighted by atomic mass is 19.1. The van der Waals surface area contributed by atoms with Crippen LogP contribution < -0.4 is 9.47 Å². The van der Waals surface area contributed by atoms with Crippen molar-refractivity contribution < 1.29 is 28.2 Å². The molecule has 0 radical (unpaired) electrons. The standard InChI is InChI=1S/C33H36FNO5/c1-21-17-24(18-22(2)31(21)40-33(4,5)23(3)36)11-12-26-19-35(32(38)39-28-9-7-6-8-10-28)20-29(26)30(37)25-13-15-27(34)16-14-25/h6-10,13-18,26,29H,11-12,19-20H2,1-5H3. The summed E-state index contributed by atoms with van der Waals surface area (Å²) in [5.74, 6) is 0.0374. The Bertz CT molecular complexity index is 1360. The van der Waals surface area contributed by atoms with Crippen LogP contribution in [0.3, 0.4) is 0 Å². The molecule has 1 aliphatic rings. The number of rotatable bonds is 9. The maximum atomic E-state index is 13.5. The van der Waals surface area contributed by atoms with Gasteiger partial charge in [0.15, 0.2) is 17.2 Å². The summed E-state index contributed by atoms with van der Waals surface area (Å²) in [4.78, 5) is 40.0. The monoisotopic (exact) mass is 545 g/mol. The number of carbonyl (C=O) groups excluding carboxylic acids is 3. The minimum atomic E-state index is -0.924. The number of ether oxygens (including phenoxy) is 2. The van der Waals surface area contributed by atoms with Gasteiger partial charge in [0.25, 0.3) is 0 Å². The van der Waals surface area contributed by atoms with Gasteiger partial charge in [-0.3, -0.25) is 9.59 Å². The molecule has 1 fully saturated rings. The van der Waals surface area contributed by atoms with E-state index in [-0.39, 0.29) is 24.0 Å². The summed E-state index contributed by atoms with van der Waals surface area (Å²) < 4.78 is 25.1. The second-order valence-corrected chi connectivity index (χ2v) is 11.1. The zero-order valence-electron chi connectivity index (χ0n) is 23.7. The Labute approximate surface area is 235 Å². The van der Waals surface area contributed by atoms with Crippen LogP contribution in [-0.4, -0.2) is 41.3 Å². The highest BCUT2D eigenvalue weighted by molar-refractivity contribution is 5.98. The molecular formula is C33H36FNO5. The third kappa shape index (κ3) is 6.76. The molecule has 4 rings (SSSR count). The van der Waals surface area contributed by atoms with Crippen LogP contribution in [0, 0.1) is 31.5 Å². The first-order chi connectivity index (χ1) is 18.9. The van der Waals surface area contributed by atoms with Crippen LogP contribution in [0.25, 0.3) is 0 Å². The molecule has 2 unspecified atom stereocenters. The van der Waals surface area contributed by atoms with E-state index in [0.29, 0.717) is 36.4 Å². The van der Waals surface area contributed by atoms with Crippen molar-refractivity contribution in [2.45, 2.75) is 53.1 Å². The molecule has 210 valence electrons. The molecular weight excluding hydrogens is 509 g/mol. The molecule has 2 atom stereocenters. The first-order valence-electron chi connectivity index (χ1n) is 13.6. The van der Waals surface area contributed by atoms with Gasteiger partial charge in [-0.2, -0.15) is 0 Å². The second kappa shape index (κ2) is 12.0. The van der Waals surface area contributed by atoms with Crippen LogP contribution in [-0.2, 0) is 11.2 Å². The van der Waals surface area contributed by atoms with Gasteiger partial charge >= 0.3 is 6.09 Å². The lowest BCUT2D eigenvalue weighted by atomic mass is 9.84. The van der Waals surface area contributed by atoms with E-state index in [2.05, 4.69) is 0 Å². The highest BCUT2D eigenvalue weighted by Crippen LogP contribution is 2.33. The van der Waals surface area contributed by atoms with Crippen molar-refractivity contribution >= 4 is 17.7 Å². The first kappa shape index (κ1) is 29.0. The van der Waals surface area contributed by atoms with Crippen LogP contribution in [0.1, 0.15) is 54.2 Å². The highest BCUT2D eigenvalue weighted by Gasteiger charge is 2.40. The number of carbonyl (C=O) groups is 3. The van der Waals surface area contributed by atoms with Gasteiger partial charge in [-0.15, -0.1) is 0 Å². The number of aryl methyl sites for hydroxylation is 3. The second-order valence-electron chi connectivity index (χ2n) is 11.1. The summed E-state index contributed by atoms with van der Waals surface area (Å²) in [7, 11) is 0. The van der Waals surface area contributed by atoms with E-state index in [9.17, 15) is 18.8 Å². The number of amides is 1. The number of hydrogen-bond donors (Lipinski definition) is 0. The molecule has 7 heteroatoms. The third-order valence-corrected chi connectivity index (χ3v) is 7.64. The van der Waals surface area contributed by atoms with Crippen molar-refractivity contribution in [2.75, 3.05) is 13.1 Å². The third-order valence-electron chi connectivity index (χ3n) is 7.64. The van der Waals surface area contributed by atoms with Crippen molar-refractivity contribution in [3.8, 4) is 11.5 Å². The van der Waals surface area contributed by atoms with Gasteiger partial charge in [0.1, 0.15) is 17.3 Å². The van der Waals surface area contributed by atoms with Crippen LogP contribution >= 0.6 is 0 Å². The molecule has 3 aromatic rings. The SMILES string of the molecule is CC(=O)C(C)(C)Oc1c(C)cc(CCC2CN(C(=O)Oc3ccccc3)CC2C(=O)c2ccc(F)cc2)cc1C.